The lowest BCUT2D eigenvalue weighted by atomic mass is 10.1. The van der Waals surface area contributed by atoms with Crippen molar-refractivity contribution in [3.8, 4) is 0 Å². The Hall–Kier alpha value is -3.48. The highest BCUT2D eigenvalue weighted by Gasteiger charge is 2.11. The van der Waals surface area contributed by atoms with Gasteiger partial charge in [-0.1, -0.05) is 0 Å². The summed E-state index contributed by atoms with van der Waals surface area (Å²) < 4.78 is 5.19. The number of benzene rings is 1. The Bertz CT molecular complexity index is 918. The highest BCUT2D eigenvalue weighted by Crippen LogP contribution is 2.17. The van der Waals surface area contributed by atoms with Crippen molar-refractivity contribution in [1.82, 2.24) is 15.3 Å². The van der Waals surface area contributed by atoms with E-state index in [0.717, 1.165) is 5.69 Å². The van der Waals surface area contributed by atoms with Crippen LogP contribution in [-0.4, -0.2) is 21.7 Å². The minimum Gasteiger partial charge on any atom is -0.467 e. The number of anilines is 2. The molecule has 0 saturated carbocycles. The molecule has 0 aliphatic carbocycles. The molecule has 2 aromatic heterocycles. The number of carbonyl (C=O) groups excluding carboxylic acids is 2. The maximum absolute atomic E-state index is 12.3. The van der Waals surface area contributed by atoms with Crippen LogP contribution >= 0.6 is 0 Å². The third-order valence-corrected chi connectivity index (χ3v) is 3.64. The number of ketones is 1. The number of hydrogen-bond donors (Lipinski definition) is 2. The van der Waals surface area contributed by atoms with Crippen LogP contribution in [0.2, 0.25) is 0 Å². The lowest BCUT2D eigenvalue weighted by Crippen LogP contribution is -2.24. The average Bonchev–Trinajstić information content (AvgIpc) is 3.13. The molecule has 3 rings (SSSR count). The summed E-state index contributed by atoms with van der Waals surface area (Å²) in [5.74, 6) is 1.31. The van der Waals surface area contributed by atoms with E-state index < -0.39 is 0 Å². The SMILES string of the molecule is CC(=O)c1ccc(Nc2cc(C(=O)NCc3ccco3)nc(C)n2)cc1. The number of hydrogen-bond acceptors (Lipinski definition) is 6. The number of aryl methyl sites for hydroxylation is 1. The Labute approximate surface area is 150 Å². The number of nitrogens with zero attached hydrogens (tertiary/aromatic N) is 2. The van der Waals surface area contributed by atoms with Crippen LogP contribution in [0.25, 0.3) is 0 Å². The molecular weight excluding hydrogens is 332 g/mol. The van der Waals surface area contributed by atoms with Crippen molar-refractivity contribution in [1.29, 1.82) is 0 Å². The molecule has 2 N–H and O–H groups in total. The van der Waals surface area contributed by atoms with Crippen LogP contribution in [0.1, 0.15) is 39.4 Å². The van der Waals surface area contributed by atoms with Gasteiger partial charge in [-0.2, -0.15) is 0 Å². The molecular formula is C19H18N4O3. The Morgan fingerprint density at radius 3 is 2.54 bits per heavy atom. The summed E-state index contributed by atoms with van der Waals surface area (Å²) in [6.07, 6.45) is 1.55. The van der Waals surface area contributed by atoms with E-state index in [1.54, 1.807) is 55.7 Å². The van der Waals surface area contributed by atoms with Crippen LogP contribution in [-0.2, 0) is 6.54 Å². The van der Waals surface area contributed by atoms with E-state index in [2.05, 4.69) is 20.6 Å². The van der Waals surface area contributed by atoms with Gasteiger partial charge in [-0.3, -0.25) is 9.59 Å². The molecule has 7 heteroatoms. The van der Waals surface area contributed by atoms with E-state index in [-0.39, 0.29) is 23.9 Å². The van der Waals surface area contributed by atoms with Crippen molar-refractivity contribution < 1.29 is 14.0 Å². The predicted molar refractivity (Wildman–Crippen MR) is 96.4 cm³/mol. The zero-order valence-electron chi connectivity index (χ0n) is 14.4. The Kier molecular flexibility index (Phi) is 5.07. The molecule has 0 aliphatic heterocycles. The minimum atomic E-state index is -0.318. The van der Waals surface area contributed by atoms with Gasteiger partial charge in [0, 0.05) is 17.3 Å². The second kappa shape index (κ2) is 7.60. The third kappa shape index (κ3) is 4.32. The number of rotatable bonds is 6. The van der Waals surface area contributed by atoms with Crippen LogP contribution in [0.5, 0.6) is 0 Å². The summed E-state index contributed by atoms with van der Waals surface area (Å²) in [7, 11) is 0. The van der Waals surface area contributed by atoms with Gasteiger partial charge >= 0.3 is 0 Å². The Balaban J connectivity index is 1.72. The summed E-state index contributed by atoms with van der Waals surface area (Å²) in [6, 6.07) is 12.1. The van der Waals surface area contributed by atoms with Gasteiger partial charge in [0.15, 0.2) is 5.78 Å². The number of aromatic nitrogens is 2. The van der Waals surface area contributed by atoms with E-state index in [4.69, 9.17) is 4.42 Å². The van der Waals surface area contributed by atoms with Gasteiger partial charge < -0.3 is 15.1 Å². The molecule has 1 aromatic carbocycles. The number of Topliss-reactive ketones (excluding diaryl/α,β-unsaturated/α-hetero) is 1. The van der Waals surface area contributed by atoms with Gasteiger partial charge in [0.05, 0.1) is 12.8 Å². The van der Waals surface area contributed by atoms with Crippen molar-refractivity contribution in [2.24, 2.45) is 0 Å². The summed E-state index contributed by atoms with van der Waals surface area (Å²) in [4.78, 5) is 32.1. The van der Waals surface area contributed by atoms with E-state index >= 15 is 0 Å². The zero-order valence-corrected chi connectivity index (χ0v) is 14.4. The highest BCUT2D eigenvalue weighted by atomic mass is 16.3. The molecule has 0 saturated heterocycles. The topological polar surface area (TPSA) is 97.1 Å². The minimum absolute atomic E-state index is 0.00458. The first-order valence-electron chi connectivity index (χ1n) is 8.05. The summed E-state index contributed by atoms with van der Waals surface area (Å²) in [5, 5.41) is 5.87. The third-order valence-electron chi connectivity index (χ3n) is 3.64. The summed E-state index contributed by atoms with van der Waals surface area (Å²) in [5.41, 5.74) is 1.65. The van der Waals surface area contributed by atoms with E-state index in [9.17, 15) is 9.59 Å². The fourth-order valence-corrected chi connectivity index (χ4v) is 2.36. The molecule has 0 spiro atoms. The maximum atomic E-state index is 12.3. The number of furan rings is 1. The molecule has 2 heterocycles. The van der Waals surface area contributed by atoms with Gasteiger partial charge in [-0.15, -0.1) is 0 Å². The van der Waals surface area contributed by atoms with Crippen molar-refractivity contribution in [2.75, 3.05) is 5.32 Å². The summed E-state index contributed by atoms with van der Waals surface area (Å²) in [6.45, 7) is 3.52. The van der Waals surface area contributed by atoms with Gasteiger partial charge in [-0.25, -0.2) is 9.97 Å². The zero-order chi connectivity index (χ0) is 18.5. The maximum Gasteiger partial charge on any atom is 0.270 e. The first-order valence-corrected chi connectivity index (χ1v) is 8.05. The van der Waals surface area contributed by atoms with Crippen LogP contribution in [0.15, 0.2) is 53.1 Å². The Morgan fingerprint density at radius 1 is 1.12 bits per heavy atom. The first-order chi connectivity index (χ1) is 12.5. The average molecular weight is 350 g/mol. The number of carbonyl (C=O) groups is 2. The normalized spacial score (nSPS) is 10.4. The second-order valence-corrected chi connectivity index (χ2v) is 5.71. The fourth-order valence-electron chi connectivity index (χ4n) is 2.36. The molecule has 0 fully saturated rings. The molecule has 3 aromatic rings. The lowest BCUT2D eigenvalue weighted by molar-refractivity contribution is 0.0942. The first kappa shape index (κ1) is 17.3. The van der Waals surface area contributed by atoms with Crippen LogP contribution < -0.4 is 10.6 Å². The number of amides is 1. The van der Waals surface area contributed by atoms with Gasteiger partial charge in [0.1, 0.15) is 23.1 Å². The van der Waals surface area contributed by atoms with Gasteiger partial charge in [0.2, 0.25) is 0 Å². The van der Waals surface area contributed by atoms with Crippen molar-refractivity contribution in [3.05, 3.63) is 71.6 Å². The smallest absolute Gasteiger partial charge is 0.270 e. The number of nitrogens with one attached hydrogen (secondary N) is 2. The van der Waals surface area contributed by atoms with Gasteiger partial charge in [0.25, 0.3) is 5.91 Å². The fraction of sp³-hybridized carbons (Fsp3) is 0.158. The second-order valence-electron chi connectivity index (χ2n) is 5.71. The highest BCUT2D eigenvalue weighted by molar-refractivity contribution is 5.94. The molecule has 26 heavy (non-hydrogen) atoms. The van der Waals surface area contributed by atoms with Gasteiger partial charge in [-0.05, 0) is 50.2 Å². The van der Waals surface area contributed by atoms with Crippen LogP contribution in [0.4, 0.5) is 11.5 Å². The molecule has 1 amide bonds. The molecule has 0 atom stereocenters. The lowest BCUT2D eigenvalue weighted by Gasteiger charge is -2.09. The molecule has 0 unspecified atom stereocenters. The van der Waals surface area contributed by atoms with Crippen molar-refractivity contribution >= 4 is 23.2 Å². The molecule has 7 nitrogen and oxygen atoms in total. The molecule has 132 valence electrons. The van der Waals surface area contributed by atoms with Crippen LogP contribution in [0.3, 0.4) is 0 Å². The predicted octanol–water partition coefficient (Wildman–Crippen LogP) is 3.25. The molecule has 0 bridgehead atoms. The Morgan fingerprint density at radius 2 is 1.88 bits per heavy atom. The molecule has 0 aliphatic rings. The van der Waals surface area contributed by atoms with E-state index in [0.29, 0.717) is 23.0 Å². The van der Waals surface area contributed by atoms with E-state index in [1.807, 2.05) is 0 Å². The largest absolute Gasteiger partial charge is 0.467 e. The standard InChI is InChI=1S/C19H18N4O3/c1-12(24)14-5-7-15(8-6-14)23-18-10-17(21-13(2)22-18)19(25)20-11-16-4-3-9-26-16/h3-10H,11H2,1-2H3,(H,20,25)(H,21,22,23). The van der Waals surface area contributed by atoms with Crippen molar-refractivity contribution in [3.63, 3.8) is 0 Å². The van der Waals surface area contributed by atoms with Crippen molar-refractivity contribution in [2.45, 2.75) is 20.4 Å². The summed E-state index contributed by atoms with van der Waals surface area (Å²) >= 11 is 0. The quantitative estimate of drug-likeness (QED) is 0.662. The van der Waals surface area contributed by atoms with E-state index in [1.165, 1.54) is 6.92 Å². The molecule has 0 radical (unpaired) electrons. The van der Waals surface area contributed by atoms with Crippen LogP contribution in [0, 0.1) is 6.92 Å². The monoisotopic (exact) mass is 350 g/mol.